The van der Waals surface area contributed by atoms with E-state index in [1.165, 1.54) is 0 Å². The van der Waals surface area contributed by atoms with Crippen molar-refractivity contribution in [2.45, 2.75) is 80.2 Å². The van der Waals surface area contributed by atoms with Gasteiger partial charge < -0.3 is 10.2 Å². The molecular formula is C16H14F16O3. The van der Waals surface area contributed by atoms with Gasteiger partial charge in [0, 0.05) is 11.6 Å². The second-order valence-electron chi connectivity index (χ2n) is 7.36. The molecule has 0 saturated carbocycles. The molecule has 0 amide bonds. The lowest BCUT2D eigenvalue weighted by atomic mass is 9.85. The standard InChI is InChI=1S/C16H14F16O3/c1-6(33)3-4-7(8(34)35)5-10(18,19)12(22,23)14(26,27)15(28,29)13(24,25)11(20,21)9(2,17)16(30,31)32/h5-6,33H,3-4H2,1-2H3,(H,34,35). The molecule has 35 heavy (non-hydrogen) atoms. The molecule has 0 aliphatic carbocycles. The van der Waals surface area contributed by atoms with Crippen molar-refractivity contribution in [1.29, 1.82) is 0 Å². The lowest BCUT2D eigenvalue weighted by molar-refractivity contribution is -0.442. The third kappa shape index (κ3) is 5.14. The fraction of sp³-hybridized carbons (Fsp3) is 0.812. The number of rotatable bonds is 11. The second kappa shape index (κ2) is 9.17. The molecule has 2 N–H and O–H groups in total. The quantitative estimate of drug-likeness (QED) is 0.233. The number of carboxylic acids is 1. The topological polar surface area (TPSA) is 57.5 Å². The summed E-state index contributed by atoms with van der Waals surface area (Å²) in [5, 5.41) is 17.6. The molecule has 2 unspecified atom stereocenters. The van der Waals surface area contributed by atoms with E-state index < -0.39 is 90.9 Å². The predicted molar refractivity (Wildman–Crippen MR) is 81.9 cm³/mol. The summed E-state index contributed by atoms with van der Waals surface area (Å²) in [7, 11) is 0. The number of allylic oxidation sites excluding steroid dienone is 1. The highest BCUT2D eigenvalue weighted by molar-refractivity contribution is 5.86. The van der Waals surface area contributed by atoms with E-state index >= 15 is 0 Å². The molecule has 0 spiro atoms. The zero-order valence-corrected chi connectivity index (χ0v) is 16.9. The van der Waals surface area contributed by atoms with Gasteiger partial charge in [-0.05, 0) is 26.7 Å². The van der Waals surface area contributed by atoms with Gasteiger partial charge in [0.2, 0.25) is 0 Å². The average molecular weight is 558 g/mol. The van der Waals surface area contributed by atoms with Gasteiger partial charge in [0.05, 0.1) is 6.10 Å². The normalized spacial score (nSPS) is 18.3. The largest absolute Gasteiger partial charge is 0.478 e. The Balaban J connectivity index is 6.84. The van der Waals surface area contributed by atoms with Crippen molar-refractivity contribution in [3.05, 3.63) is 11.6 Å². The molecule has 0 aliphatic heterocycles. The lowest BCUT2D eigenvalue weighted by Crippen LogP contribution is -2.74. The Labute approximate surface area is 184 Å². The SMILES string of the molecule is CC(O)CCC(=CC(F)(F)C(F)(F)C(F)(F)C(F)(F)C(F)(F)C(F)(F)C(C)(F)C(F)(F)F)C(=O)O. The van der Waals surface area contributed by atoms with Gasteiger partial charge in [0.15, 0.2) is 0 Å². The molecule has 0 radical (unpaired) electrons. The maximum Gasteiger partial charge on any atom is 0.428 e. The molecule has 0 heterocycles. The van der Waals surface area contributed by atoms with Crippen LogP contribution in [0.3, 0.4) is 0 Å². The van der Waals surface area contributed by atoms with Gasteiger partial charge in [-0.1, -0.05) is 0 Å². The zero-order valence-electron chi connectivity index (χ0n) is 16.9. The van der Waals surface area contributed by atoms with Gasteiger partial charge in [-0.25, -0.2) is 9.18 Å². The van der Waals surface area contributed by atoms with Crippen molar-refractivity contribution in [3.63, 3.8) is 0 Å². The van der Waals surface area contributed by atoms with Gasteiger partial charge in [0.1, 0.15) is 0 Å². The number of aliphatic hydroxyl groups excluding tert-OH is 1. The number of hydrogen-bond donors (Lipinski definition) is 2. The Morgan fingerprint density at radius 2 is 1.06 bits per heavy atom. The number of hydrogen-bond acceptors (Lipinski definition) is 2. The van der Waals surface area contributed by atoms with Crippen LogP contribution in [0, 0.1) is 0 Å². The van der Waals surface area contributed by atoms with E-state index in [9.17, 15) is 75.0 Å². The van der Waals surface area contributed by atoms with Crippen molar-refractivity contribution in [3.8, 4) is 0 Å². The van der Waals surface area contributed by atoms with Crippen LogP contribution in [0.2, 0.25) is 0 Å². The van der Waals surface area contributed by atoms with Gasteiger partial charge in [0.25, 0.3) is 5.67 Å². The summed E-state index contributed by atoms with van der Waals surface area (Å²) in [6.07, 6.45) is -12.5. The zero-order chi connectivity index (χ0) is 28.9. The maximum absolute atomic E-state index is 13.8. The number of alkyl halides is 16. The third-order valence-electron chi connectivity index (χ3n) is 4.58. The molecule has 0 rings (SSSR count). The number of aliphatic hydroxyl groups is 1. The maximum atomic E-state index is 13.8. The van der Waals surface area contributed by atoms with Crippen LogP contribution in [0.4, 0.5) is 70.2 Å². The minimum Gasteiger partial charge on any atom is -0.478 e. The number of halogens is 16. The highest BCUT2D eigenvalue weighted by atomic mass is 19.4. The second-order valence-corrected chi connectivity index (χ2v) is 7.36. The molecule has 0 bridgehead atoms. The van der Waals surface area contributed by atoms with Crippen molar-refractivity contribution in [2.75, 3.05) is 0 Å². The fourth-order valence-electron chi connectivity index (χ4n) is 2.19. The van der Waals surface area contributed by atoms with Crippen LogP contribution < -0.4 is 0 Å². The summed E-state index contributed by atoms with van der Waals surface area (Å²) in [6, 6.07) is 0. The highest BCUT2D eigenvalue weighted by Gasteiger charge is 2.93. The van der Waals surface area contributed by atoms with E-state index in [0.29, 0.717) is 0 Å². The summed E-state index contributed by atoms with van der Waals surface area (Å²) < 4.78 is 215. The molecule has 208 valence electrons. The number of aliphatic carboxylic acids is 1. The van der Waals surface area contributed by atoms with Crippen molar-refractivity contribution < 1.29 is 85.3 Å². The summed E-state index contributed by atoms with van der Waals surface area (Å²) in [5.41, 5.74) is -8.72. The molecule has 0 aromatic heterocycles. The summed E-state index contributed by atoms with van der Waals surface area (Å²) >= 11 is 0. The summed E-state index contributed by atoms with van der Waals surface area (Å²) in [6.45, 7) is -0.630. The van der Waals surface area contributed by atoms with Crippen LogP contribution in [0.1, 0.15) is 26.7 Å². The molecule has 0 aliphatic rings. The van der Waals surface area contributed by atoms with Crippen molar-refractivity contribution in [2.24, 2.45) is 0 Å². The van der Waals surface area contributed by atoms with Crippen molar-refractivity contribution in [1.82, 2.24) is 0 Å². The molecular weight excluding hydrogens is 544 g/mol. The smallest absolute Gasteiger partial charge is 0.428 e. The Morgan fingerprint density at radius 3 is 1.37 bits per heavy atom. The average Bonchev–Trinajstić information content (AvgIpc) is 2.62. The molecule has 19 heteroatoms. The van der Waals surface area contributed by atoms with Gasteiger partial charge in [-0.2, -0.15) is 65.9 Å². The highest BCUT2D eigenvalue weighted by Crippen LogP contribution is 2.63. The number of carboxylic acid groups (broad SMARTS) is 1. The first-order chi connectivity index (χ1) is 15.0. The van der Waals surface area contributed by atoms with Gasteiger partial charge in [-0.3, -0.25) is 0 Å². The van der Waals surface area contributed by atoms with E-state index in [4.69, 9.17) is 10.2 Å². The van der Waals surface area contributed by atoms with E-state index in [2.05, 4.69) is 0 Å². The van der Waals surface area contributed by atoms with Crippen LogP contribution in [0.25, 0.3) is 0 Å². The first kappa shape index (κ1) is 33.0. The third-order valence-corrected chi connectivity index (χ3v) is 4.58. The minimum atomic E-state index is -8.49. The van der Waals surface area contributed by atoms with Gasteiger partial charge in [-0.15, -0.1) is 0 Å². The first-order valence-corrected chi connectivity index (χ1v) is 8.63. The molecule has 2 atom stereocenters. The Kier molecular flexibility index (Phi) is 8.66. The summed E-state index contributed by atoms with van der Waals surface area (Å²) in [5.74, 6) is -50.5. The molecule has 0 aromatic carbocycles. The Morgan fingerprint density at radius 1 is 0.714 bits per heavy atom. The van der Waals surface area contributed by atoms with Crippen LogP contribution in [-0.4, -0.2) is 69.7 Å². The van der Waals surface area contributed by atoms with E-state index in [-0.39, 0.29) is 0 Å². The van der Waals surface area contributed by atoms with Crippen LogP contribution in [0.5, 0.6) is 0 Å². The lowest BCUT2D eigenvalue weighted by Gasteiger charge is -2.43. The van der Waals surface area contributed by atoms with Crippen LogP contribution >= 0.6 is 0 Å². The van der Waals surface area contributed by atoms with Crippen LogP contribution in [-0.2, 0) is 4.79 Å². The monoisotopic (exact) mass is 558 g/mol. The predicted octanol–water partition coefficient (Wildman–Crippen LogP) is 6.26. The number of carbonyl (C=O) groups is 1. The molecule has 0 fully saturated rings. The molecule has 3 nitrogen and oxygen atoms in total. The van der Waals surface area contributed by atoms with E-state index in [1.807, 2.05) is 0 Å². The minimum absolute atomic E-state index is 0.830. The van der Waals surface area contributed by atoms with Crippen LogP contribution in [0.15, 0.2) is 11.6 Å². The Bertz CT molecular complexity index is 810. The Hall–Kier alpha value is -1.95. The summed E-state index contributed by atoms with van der Waals surface area (Å²) in [4.78, 5) is 10.8. The molecule has 0 saturated heterocycles. The van der Waals surface area contributed by atoms with Crippen molar-refractivity contribution >= 4 is 5.97 Å². The van der Waals surface area contributed by atoms with Gasteiger partial charge >= 0.3 is 47.7 Å². The molecule has 0 aromatic rings. The van der Waals surface area contributed by atoms with E-state index in [1.54, 1.807) is 0 Å². The fourth-order valence-corrected chi connectivity index (χ4v) is 2.19. The first-order valence-electron chi connectivity index (χ1n) is 8.63. The van der Waals surface area contributed by atoms with E-state index in [0.717, 1.165) is 6.92 Å².